The van der Waals surface area contributed by atoms with Crippen molar-refractivity contribution in [1.29, 1.82) is 5.41 Å². The lowest BCUT2D eigenvalue weighted by molar-refractivity contribution is -0.309. The molecule has 2 heterocycles. The number of aliphatic carboxylic acids is 2. The van der Waals surface area contributed by atoms with Crippen LogP contribution in [0.15, 0.2) is 29.1 Å². The molecule has 0 radical (unpaired) electrons. The van der Waals surface area contributed by atoms with Gasteiger partial charge in [-0.3, -0.25) is 20.0 Å². The molecule has 0 saturated carbocycles. The molecule has 0 aliphatic carbocycles. The molecule has 0 saturated heterocycles. The van der Waals surface area contributed by atoms with Crippen LogP contribution in [0.4, 0.5) is 23.1 Å². The van der Waals surface area contributed by atoms with Crippen molar-refractivity contribution in [2.45, 2.75) is 24.9 Å². The smallest absolute Gasteiger partial charge is 0.278 e. The van der Waals surface area contributed by atoms with Crippen LogP contribution in [0.25, 0.3) is 0 Å². The van der Waals surface area contributed by atoms with Crippen molar-refractivity contribution < 1.29 is 24.6 Å². The highest BCUT2D eigenvalue weighted by Gasteiger charge is 2.28. The molecule has 0 fully saturated rings. The van der Waals surface area contributed by atoms with E-state index in [1.54, 1.807) is 12.1 Å². The number of aromatic nitrogens is 2. The largest absolute Gasteiger partial charge is 0.550 e. The van der Waals surface area contributed by atoms with Crippen molar-refractivity contribution in [2.75, 3.05) is 34.4 Å². The molecule has 1 aromatic carbocycles. The summed E-state index contributed by atoms with van der Waals surface area (Å²) in [6, 6.07) is 4.33. The van der Waals surface area contributed by atoms with Crippen LogP contribution in [-0.4, -0.2) is 59.3 Å². The van der Waals surface area contributed by atoms with Gasteiger partial charge in [-0.05, 0) is 37.1 Å². The van der Waals surface area contributed by atoms with Gasteiger partial charge in [-0.1, -0.05) is 0 Å². The molecular formula is C20H22N8O6-2. The third kappa shape index (κ3) is 5.59. The highest BCUT2D eigenvalue weighted by Crippen LogP contribution is 2.25. The van der Waals surface area contributed by atoms with E-state index >= 15 is 0 Å². The molecule has 14 nitrogen and oxygen atoms in total. The van der Waals surface area contributed by atoms with Crippen LogP contribution in [0.3, 0.4) is 0 Å². The lowest BCUT2D eigenvalue weighted by Crippen LogP contribution is -2.49. The number of aromatic amines is 1. The molecule has 1 unspecified atom stereocenters. The fourth-order valence-corrected chi connectivity index (χ4v) is 3.41. The fraction of sp³-hybridized carbons (Fsp3) is 0.300. The molecule has 3 rings (SSSR count). The Morgan fingerprint density at radius 1 is 1.29 bits per heavy atom. The van der Waals surface area contributed by atoms with Gasteiger partial charge < -0.3 is 46.4 Å². The zero-order chi connectivity index (χ0) is 24.8. The number of hydrogen-bond acceptors (Lipinski definition) is 11. The summed E-state index contributed by atoms with van der Waals surface area (Å²) in [6.07, 6.45) is 0.133. The van der Waals surface area contributed by atoms with Crippen LogP contribution in [0.5, 0.6) is 0 Å². The number of H-pyrrole nitrogens is 1. The first-order chi connectivity index (χ1) is 16.2. The molecule has 34 heavy (non-hydrogen) atoms. The van der Waals surface area contributed by atoms with Gasteiger partial charge in [0.1, 0.15) is 0 Å². The Morgan fingerprint density at radius 3 is 2.62 bits per heavy atom. The number of nitrogen functional groups attached to an aromatic ring is 1. The number of carbonyl (C=O) groups excluding carboxylic acids is 3. The van der Waals surface area contributed by atoms with Gasteiger partial charge in [-0.15, -0.1) is 0 Å². The minimum absolute atomic E-state index is 0.0354. The van der Waals surface area contributed by atoms with E-state index in [9.17, 15) is 29.4 Å². The summed E-state index contributed by atoms with van der Waals surface area (Å²) >= 11 is 0. The number of hydrogen-bond donors (Lipinski definition) is 6. The van der Waals surface area contributed by atoms with Gasteiger partial charge in [0, 0.05) is 30.3 Å². The number of rotatable bonds is 10. The minimum Gasteiger partial charge on any atom is -0.550 e. The number of nitrogens with one attached hydrogen (secondary N) is 5. The molecular weight excluding hydrogens is 448 g/mol. The SMILES string of the molecule is N=CN1c2c(nc(N)[nH]c2=O)NC[C@@H]1CNc1ccc(C(=O)NC(CCC(=O)[O-])C(=O)[O-])cc1. The predicted molar refractivity (Wildman–Crippen MR) is 118 cm³/mol. The van der Waals surface area contributed by atoms with Crippen LogP contribution in [-0.2, 0) is 9.59 Å². The zero-order valence-corrected chi connectivity index (χ0v) is 17.8. The van der Waals surface area contributed by atoms with Crippen molar-refractivity contribution in [3.8, 4) is 0 Å². The second-order valence-corrected chi connectivity index (χ2v) is 7.43. The molecule has 2 atom stereocenters. The molecule has 1 aliphatic heterocycles. The number of anilines is 4. The van der Waals surface area contributed by atoms with Gasteiger partial charge in [-0.25, -0.2) is 0 Å². The predicted octanol–water partition coefficient (Wildman–Crippen LogP) is -2.95. The maximum Gasteiger partial charge on any atom is 0.278 e. The number of nitrogens with zero attached hydrogens (tertiary/aromatic N) is 2. The van der Waals surface area contributed by atoms with Gasteiger partial charge in [-0.2, -0.15) is 4.98 Å². The van der Waals surface area contributed by atoms with E-state index in [4.69, 9.17) is 11.1 Å². The number of carbonyl (C=O) groups is 3. The van der Waals surface area contributed by atoms with Crippen LogP contribution < -0.4 is 42.4 Å². The highest BCUT2D eigenvalue weighted by molar-refractivity contribution is 5.96. The fourth-order valence-electron chi connectivity index (χ4n) is 3.41. The van der Waals surface area contributed by atoms with E-state index in [2.05, 4.69) is 25.9 Å². The summed E-state index contributed by atoms with van der Waals surface area (Å²) in [7, 11) is 0. The maximum atomic E-state index is 12.3. The molecule has 1 aliphatic rings. The van der Waals surface area contributed by atoms with Gasteiger partial charge in [0.15, 0.2) is 11.5 Å². The first-order valence-corrected chi connectivity index (χ1v) is 10.2. The number of carboxylic acids is 2. The summed E-state index contributed by atoms with van der Waals surface area (Å²) in [4.78, 5) is 54.2. The minimum atomic E-state index is -1.59. The number of fused-ring (bicyclic) bond motifs is 1. The standard InChI is InChI=1S/C20H24N8O6/c21-9-28-12(8-24-16-15(28)18(32)27-20(22)26-16)7-23-11-3-1-10(2-4-11)17(31)25-13(19(33)34)5-6-14(29)30/h1-4,9,12-13,21,23H,5-8H2,(H,25,31)(H,29,30)(H,33,34)(H4,22,24,26,27,32)/p-2/t12-,13?/m0/s1. The highest BCUT2D eigenvalue weighted by atomic mass is 16.4. The third-order valence-electron chi connectivity index (χ3n) is 5.12. The molecule has 1 aromatic heterocycles. The van der Waals surface area contributed by atoms with Crippen LogP contribution in [0.1, 0.15) is 23.2 Å². The monoisotopic (exact) mass is 470 g/mol. The molecule has 2 aromatic rings. The van der Waals surface area contributed by atoms with E-state index in [-0.39, 0.29) is 35.5 Å². The van der Waals surface area contributed by atoms with Crippen LogP contribution in [0, 0.1) is 5.41 Å². The molecule has 1 amide bonds. The second kappa shape index (κ2) is 10.3. The molecule has 14 heteroatoms. The normalized spacial score (nSPS) is 15.4. The average molecular weight is 470 g/mol. The van der Waals surface area contributed by atoms with E-state index in [1.165, 1.54) is 17.0 Å². The first kappa shape index (κ1) is 24.0. The van der Waals surface area contributed by atoms with Crippen LogP contribution in [0.2, 0.25) is 0 Å². The second-order valence-electron chi connectivity index (χ2n) is 7.43. The van der Waals surface area contributed by atoms with Gasteiger partial charge >= 0.3 is 0 Å². The third-order valence-corrected chi connectivity index (χ3v) is 5.12. The Labute approximate surface area is 192 Å². The Hall–Kier alpha value is -4.62. The van der Waals surface area contributed by atoms with Gasteiger partial charge in [0.05, 0.1) is 24.4 Å². The van der Waals surface area contributed by atoms with Crippen molar-refractivity contribution in [3.05, 3.63) is 40.2 Å². The van der Waals surface area contributed by atoms with Gasteiger partial charge in [0.25, 0.3) is 11.5 Å². The Balaban J connectivity index is 1.62. The van der Waals surface area contributed by atoms with Crippen molar-refractivity contribution in [1.82, 2.24) is 15.3 Å². The van der Waals surface area contributed by atoms with E-state index in [0.717, 1.165) is 6.34 Å². The first-order valence-electron chi connectivity index (χ1n) is 10.2. The molecule has 0 bridgehead atoms. The van der Waals surface area contributed by atoms with E-state index in [1.807, 2.05) is 0 Å². The average Bonchev–Trinajstić information content (AvgIpc) is 2.79. The number of amides is 1. The van der Waals surface area contributed by atoms with Crippen molar-refractivity contribution in [3.63, 3.8) is 0 Å². The van der Waals surface area contributed by atoms with Gasteiger partial charge in [0.2, 0.25) is 5.95 Å². The topological polar surface area (TPSA) is 232 Å². The lowest BCUT2D eigenvalue weighted by Gasteiger charge is -2.35. The van der Waals surface area contributed by atoms with Crippen molar-refractivity contribution >= 4 is 47.3 Å². The molecule has 180 valence electrons. The quantitative estimate of drug-likeness (QED) is 0.152. The van der Waals surface area contributed by atoms with E-state index < -0.39 is 35.9 Å². The van der Waals surface area contributed by atoms with Crippen LogP contribution >= 0.6 is 0 Å². The summed E-state index contributed by atoms with van der Waals surface area (Å²) in [6.45, 7) is 0.704. The summed E-state index contributed by atoms with van der Waals surface area (Å²) in [5, 5.41) is 37.8. The lowest BCUT2D eigenvalue weighted by atomic mass is 10.1. The number of carboxylic acid groups (broad SMARTS) is 2. The van der Waals surface area contributed by atoms with E-state index in [0.29, 0.717) is 18.8 Å². The summed E-state index contributed by atoms with van der Waals surface area (Å²) in [5.74, 6) is -3.48. The molecule has 7 N–H and O–H groups in total. The Morgan fingerprint density at radius 2 is 2.00 bits per heavy atom. The number of nitrogens with two attached hydrogens (primary N) is 1. The zero-order valence-electron chi connectivity index (χ0n) is 17.8. The number of benzene rings is 1. The summed E-state index contributed by atoms with van der Waals surface area (Å²) < 4.78 is 0. The summed E-state index contributed by atoms with van der Waals surface area (Å²) in [5.41, 5.74) is 6.05. The Bertz CT molecular complexity index is 1150. The Kier molecular flexibility index (Phi) is 7.30. The van der Waals surface area contributed by atoms with Crippen molar-refractivity contribution in [2.24, 2.45) is 0 Å². The maximum absolute atomic E-state index is 12.3. The molecule has 0 spiro atoms.